The van der Waals surface area contributed by atoms with E-state index in [1.54, 1.807) is 18.2 Å². The number of hydrogen-bond acceptors (Lipinski definition) is 2. The van der Waals surface area contributed by atoms with Crippen molar-refractivity contribution >= 4 is 17.6 Å². The smallest absolute Gasteiger partial charge is 0.335 e. The Morgan fingerprint density at radius 3 is 2.50 bits per heavy atom. The second kappa shape index (κ2) is 5.89. The van der Waals surface area contributed by atoms with E-state index >= 15 is 0 Å². The molecule has 2 rings (SSSR count). The van der Waals surface area contributed by atoms with Gasteiger partial charge in [0.25, 0.3) is 0 Å². The third-order valence-electron chi connectivity index (χ3n) is 3.06. The molecule has 0 radical (unpaired) electrons. The standard InChI is InChI=1S/C16H14N2O2/c1-2-18-9-3-4-15(18)10-14(11-17)12-5-7-13(8-6-12)16(19)20/h3-10H,2H2,1H3,(H,19,20)/b14-10-. The molecule has 2 aromatic rings. The van der Waals surface area contributed by atoms with Gasteiger partial charge in [-0.1, -0.05) is 12.1 Å². The molecule has 0 aliphatic rings. The molecule has 0 unspecified atom stereocenters. The van der Waals surface area contributed by atoms with Gasteiger partial charge in [0.1, 0.15) is 0 Å². The summed E-state index contributed by atoms with van der Waals surface area (Å²) in [6.07, 6.45) is 3.76. The average molecular weight is 266 g/mol. The molecule has 1 heterocycles. The molecule has 0 saturated heterocycles. The number of aromatic nitrogens is 1. The van der Waals surface area contributed by atoms with Gasteiger partial charge in [-0.05, 0) is 42.8 Å². The highest BCUT2D eigenvalue weighted by molar-refractivity contribution is 5.91. The van der Waals surface area contributed by atoms with E-state index in [0.29, 0.717) is 11.1 Å². The lowest BCUT2D eigenvalue weighted by atomic mass is 10.0. The number of rotatable bonds is 4. The van der Waals surface area contributed by atoms with Crippen molar-refractivity contribution in [3.8, 4) is 6.07 Å². The molecule has 1 aromatic carbocycles. The first-order valence-corrected chi connectivity index (χ1v) is 6.26. The van der Waals surface area contributed by atoms with Crippen molar-refractivity contribution in [1.29, 1.82) is 5.26 Å². The van der Waals surface area contributed by atoms with Gasteiger partial charge in [0.2, 0.25) is 0 Å². The average Bonchev–Trinajstić information content (AvgIpc) is 2.92. The van der Waals surface area contributed by atoms with Crippen molar-refractivity contribution in [3.63, 3.8) is 0 Å². The normalized spacial score (nSPS) is 11.1. The third kappa shape index (κ3) is 2.78. The number of hydrogen-bond donors (Lipinski definition) is 1. The first kappa shape index (κ1) is 13.6. The number of carboxylic acids is 1. The van der Waals surface area contributed by atoms with Crippen molar-refractivity contribution in [2.24, 2.45) is 0 Å². The molecule has 0 spiro atoms. The molecule has 0 amide bonds. The molecule has 4 heteroatoms. The molecular weight excluding hydrogens is 252 g/mol. The minimum absolute atomic E-state index is 0.211. The summed E-state index contributed by atoms with van der Waals surface area (Å²) < 4.78 is 2.03. The number of carboxylic acid groups (broad SMARTS) is 1. The summed E-state index contributed by atoms with van der Waals surface area (Å²) in [4.78, 5) is 10.8. The SMILES string of the molecule is CCn1cccc1/C=C(/C#N)c1ccc(C(=O)O)cc1. The molecule has 0 saturated carbocycles. The maximum atomic E-state index is 10.8. The Labute approximate surface area is 117 Å². The van der Waals surface area contributed by atoms with E-state index in [2.05, 4.69) is 6.07 Å². The van der Waals surface area contributed by atoms with Crippen LogP contribution in [0.3, 0.4) is 0 Å². The number of allylic oxidation sites excluding steroid dienone is 1. The molecule has 0 aliphatic carbocycles. The van der Waals surface area contributed by atoms with E-state index < -0.39 is 5.97 Å². The Bertz CT molecular complexity index is 688. The van der Waals surface area contributed by atoms with Gasteiger partial charge in [-0.25, -0.2) is 4.79 Å². The van der Waals surface area contributed by atoms with Crippen LogP contribution in [-0.2, 0) is 6.54 Å². The molecule has 20 heavy (non-hydrogen) atoms. The quantitative estimate of drug-likeness (QED) is 0.864. The molecule has 0 fully saturated rings. The van der Waals surface area contributed by atoms with Crippen LogP contribution in [0.2, 0.25) is 0 Å². The number of benzene rings is 1. The Kier molecular flexibility index (Phi) is 4.02. The van der Waals surface area contributed by atoms with E-state index in [1.165, 1.54) is 12.1 Å². The van der Waals surface area contributed by atoms with Gasteiger partial charge >= 0.3 is 5.97 Å². The minimum Gasteiger partial charge on any atom is -0.478 e. The topological polar surface area (TPSA) is 66.0 Å². The summed E-state index contributed by atoms with van der Waals surface area (Å²) in [5.41, 5.74) is 2.38. The second-order valence-corrected chi connectivity index (χ2v) is 4.27. The number of nitriles is 1. The van der Waals surface area contributed by atoms with Crippen LogP contribution >= 0.6 is 0 Å². The maximum Gasteiger partial charge on any atom is 0.335 e. The Morgan fingerprint density at radius 2 is 1.95 bits per heavy atom. The molecule has 0 aliphatic heterocycles. The summed E-state index contributed by atoms with van der Waals surface area (Å²) in [5, 5.41) is 18.1. The highest BCUT2D eigenvalue weighted by Crippen LogP contribution is 2.18. The predicted molar refractivity (Wildman–Crippen MR) is 77.0 cm³/mol. The first-order chi connectivity index (χ1) is 9.65. The number of aromatic carboxylic acids is 1. The predicted octanol–water partition coefficient (Wildman–Crippen LogP) is 3.27. The van der Waals surface area contributed by atoms with Crippen molar-refractivity contribution in [2.45, 2.75) is 13.5 Å². The molecule has 1 N–H and O–H groups in total. The van der Waals surface area contributed by atoms with E-state index in [1.807, 2.05) is 29.8 Å². The van der Waals surface area contributed by atoms with Crippen LogP contribution in [-0.4, -0.2) is 15.6 Å². The van der Waals surface area contributed by atoms with Gasteiger partial charge in [0.05, 0.1) is 17.2 Å². The molecule has 100 valence electrons. The monoisotopic (exact) mass is 266 g/mol. The zero-order valence-electron chi connectivity index (χ0n) is 11.1. The summed E-state index contributed by atoms with van der Waals surface area (Å²) in [6, 6.07) is 12.3. The fourth-order valence-corrected chi connectivity index (χ4v) is 1.97. The van der Waals surface area contributed by atoms with Crippen molar-refractivity contribution in [1.82, 2.24) is 4.57 Å². The zero-order valence-corrected chi connectivity index (χ0v) is 11.1. The number of nitrogens with zero attached hydrogens (tertiary/aromatic N) is 2. The molecule has 1 aromatic heterocycles. The number of aryl methyl sites for hydroxylation is 1. The molecule has 0 bridgehead atoms. The van der Waals surface area contributed by atoms with Crippen molar-refractivity contribution in [2.75, 3.05) is 0 Å². The fourth-order valence-electron chi connectivity index (χ4n) is 1.97. The highest BCUT2D eigenvalue weighted by Gasteiger charge is 2.06. The Morgan fingerprint density at radius 1 is 1.30 bits per heavy atom. The van der Waals surface area contributed by atoms with E-state index in [4.69, 9.17) is 5.11 Å². The zero-order chi connectivity index (χ0) is 14.5. The summed E-state index contributed by atoms with van der Waals surface area (Å²) in [6.45, 7) is 2.86. The van der Waals surface area contributed by atoms with Gasteiger partial charge in [-0.15, -0.1) is 0 Å². The van der Waals surface area contributed by atoms with Gasteiger partial charge < -0.3 is 9.67 Å². The van der Waals surface area contributed by atoms with Crippen LogP contribution < -0.4 is 0 Å². The maximum absolute atomic E-state index is 10.8. The van der Waals surface area contributed by atoms with Crippen LogP contribution in [0.25, 0.3) is 11.6 Å². The lowest BCUT2D eigenvalue weighted by Gasteiger charge is -2.04. The van der Waals surface area contributed by atoms with Gasteiger partial charge in [-0.3, -0.25) is 0 Å². The molecule has 4 nitrogen and oxygen atoms in total. The van der Waals surface area contributed by atoms with E-state index in [9.17, 15) is 10.1 Å². The first-order valence-electron chi connectivity index (χ1n) is 6.26. The van der Waals surface area contributed by atoms with Crippen LogP contribution in [0.4, 0.5) is 0 Å². The van der Waals surface area contributed by atoms with Gasteiger partial charge in [-0.2, -0.15) is 5.26 Å². The largest absolute Gasteiger partial charge is 0.478 e. The third-order valence-corrected chi connectivity index (χ3v) is 3.06. The van der Waals surface area contributed by atoms with Crippen LogP contribution in [0.15, 0.2) is 42.6 Å². The lowest BCUT2D eigenvalue weighted by molar-refractivity contribution is 0.0697. The summed E-state index contributed by atoms with van der Waals surface area (Å²) in [7, 11) is 0. The molecule has 0 atom stereocenters. The van der Waals surface area contributed by atoms with Gasteiger partial charge in [0, 0.05) is 18.4 Å². The number of carbonyl (C=O) groups is 1. The summed E-state index contributed by atoms with van der Waals surface area (Å²) >= 11 is 0. The fraction of sp³-hybridized carbons (Fsp3) is 0.125. The minimum atomic E-state index is -0.973. The Balaban J connectivity index is 2.38. The van der Waals surface area contributed by atoms with Crippen LogP contribution in [0, 0.1) is 11.3 Å². The van der Waals surface area contributed by atoms with Crippen LogP contribution in [0.1, 0.15) is 28.5 Å². The summed E-state index contributed by atoms with van der Waals surface area (Å²) in [5.74, 6) is -0.973. The van der Waals surface area contributed by atoms with Crippen molar-refractivity contribution < 1.29 is 9.90 Å². The highest BCUT2D eigenvalue weighted by atomic mass is 16.4. The van der Waals surface area contributed by atoms with Crippen LogP contribution in [0.5, 0.6) is 0 Å². The Hall–Kier alpha value is -2.80. The van der Waals surface area contributed by atoms with Gasteiger partial charge in [0.15, 0.2) is 0 Å². The van der Waals surface area contributed by atoms with Crippen molar-refractivity contribution in [3.05, 3.63) is 59.4 Å². The second-order valence-electron chi connectivity index (χ2n) is 4.27. The lowest BCUT2D eigenvalue weighted by Crippen LogP contribution is -1.96. The van der Waals surface area contributed by atoms with E-state index in [-0.39, 0.29) is 5.56 Å². The molecular formula is C16H14N2O2. The van der Waals surface area contributed by atoms with E-state index in [0.717, 1.165) is 12.2 Å².